The Morgan fingerprint density at radius 1 is 0.769 bits per heavy atom. The number of hydrogen-bond acceptors (Lipinski definition) is 2. The SMILES string of the molecule is Cc1cccc2c1oc1c(N(I)c3ccccc3C(C)(C)C)cccc12. The molecule has 0 fully saturated rings. The van der Waals surface area contributed by atoms with E-state index in [-0.39, 0.29) is 5.41 Å². The Kier molecular flexibility index (Phi) is 4.22. The normalized spacial score (nSPS) is 12.0. The summed E-state index contributed by atoms with van der Waals surface area (Å²) in [7, 11) is 0. The van der Waals surface area contributed by atoms with Crippen molar-refractivity contribution in [2.24, 2.45) is 0 Å². The predicted molar refractivity (Wildman–Crippen MR) is 120 cm³/mol. The van der Waals surface area contributed by atoms with Crippen LogP contribution >= 0.6 is 22.9 Å². The Morgan fingerprint density at radius 3 is 2.12 bits per heavy atom. The molecule has 0 aliphatic heterocycles. The number of para-hydroxylation sites is 3. The van der Waals surface area contributed by atoms with Crippen molar-refractivity contribution in [3.8, 4) is 0 Å². The van der Waals surface area contributed by atoms with Gasteiger partial charge in [0, 0.05) is 10.8 Å². The molecule has 0 aliphatic rings. The van der Waals surface area contributed by atoms with Crippen molar-refractivity contribution in [1.29, 1.82) is 0 Å². The van der Waals surface area contributed by atoms with E-state index in [9.17, 15) is 0 Å². The predicted octanol–water partition coefficient (Wildman–Crippen LogP) is 7.68. The van der Waals surface area contributed by atoms with Crippen molar-refractivity contribution in [3.63, 3.8) is 0 Å². The van der Waals surface area contributed by atoms with Crippen LogP contribution in [0.3, 0.4) is 0 Å². The van der Waals surface area contributed by atoms with E-state index >= 15 is 0 Å². The van der Waals surface area contributed by atoms with E-state index in [4.69, 9.17) is 4.42 Å². The summed E-state index contributed by atoms with van der Waals surface area (Å²) in [6.07, 6.45) is 0. The summed E-state index contributed by atoms with van der Waals surface area (Å²) in [5, 5.41) is 2.34. The second-order valence-electron chi connectivity index (χ2n) is 7.76. The molecule has 3 heteroatoms. The van der Waals surface area contributed by atoms with E-state index in [1.165, 1.54) is 22.2 Å². The topological polar surface area (TPSA) is 16.4 Å². The van der Waals surface area contributed by atoms with Crippen LogP contribution in [-0.4, -0.2) is 0 Å². The van der Waals surface area contributed by atoms with Crippen LogP contribution < -0.4 is 3.11 Å². The highest BCUT2D eigenvalue weighted by Gasteiger charge is 2.23. The molecule has 0 radical (unpaired) electrons. The fourth-order valence-corrected chi connectivity index (χ4v) is 4.31. The lowest BCUT2D eigenvalue weighted by Crippen LogP contribution is -2.15. The number of benzene rings is 3. The first-order chi connectivity index (χ1) is 12.4. The minimum absolute atomic E-state index is 0.0678. The second-order valence-corrected chi connectivity index (χ2v) is 8.72. The van der Waals surface area contributed by atoms with Gasteiger partial charge >= 0.3 is 0 Å². The lowest BCUT2D eigenvalue weighted by molar-refractivity contribution is 0.591. The van der Waals surface area contributed by atoms with Gasteiger partial charge in [0.15, 0.2) is 5.58 Å². The molecular weight excluding hydrogens is 433 g/mol. The third kappa shape index (κ3) is 2.78. The first kappa shape index (κ1) is 17.4. The molecule has 0 spiro atoms. The Labute approximate surface area is 168 Å². The minimum Gasteiger partial charge on any atom is -0.454 e. The first-order valence-corrected chi connectivity index (χ1v) is 9.80. The van der Waals surface area contributed by atoms with Crippen LogP contribution in [0.1, 0.15) is 31.9 Å². The number of aryl methyl sites for hydroxylation is 1. The fourth-order valence-electron chi connectivity index (χ4n) is 3.51. The maximum absolute atomic E-state index is 6.34. The summed E-state index contributed by atoms with van der Waals surface area (Å²) in [4.78, 5) is 0. The molecule has 0 saturated carbocycles. The minimum atomic E-state index is 0.0678. The van der Waals surface area contributed by atoms with Gasteiger partial charge in [-0.2, -0.15) is 0 Å². The summed E-state index contributed by atoms with van der Waals surface area (Å²) in [6, 6.07) is 21.3. The second kappa shape index (κ2) is 6.31. The number of fused-ring (bicyclic) bond motifs is 3. The average Bonchev–Trinajstić information content (AvgIpc) is 3.01. The van der Waals surface area contributed by atoms with Gasteiger partial charge in [-0.15, -0.1) is 0 Å². The summed E-state index contributed by atoms with van der Waals surface area (Å²) >= 11 is 2.39. The Hall–Kier alpha value is -2.01. The zero-order valence-corrected chi connectivity index (χ0v) is 17.7. The quantitative estimate of drug-likeness (QED) is 0.228. The number of furan rings is 1. The third-order valence-corrected chi connectivity index (χ3v) is 5.88. The van der Waals surface area contributed by atoms with Gasteiger partial charge in [-0.25, -0.2) is 0 Å². The van der Waals surface area contributed by atoms with Crippen LogP contribution in [0.4, 0.5) is 11.4 Å². The molecule has 0 unspecified atom stereocenters. The average molecular weight is 455 g/mol. The fraction of sp³-hybridized carbons (Fsp3) is 0.217. The smallest absolute Gasteiger partial charge is 0.159 e. The van der Waals surface area contributed by atoms with E-state index in [2.05, 4.69) is 114 Å². The summed E-state index contributed by atoms with van der Waals surface area (Å²) in [5.41, 5.74) is 6.75. The molecule has 1 aromatic heterocycles. The Morgan fingerprint density at radius 2 is 1.38 bits per heavy atom. The number of rotatable bonds is 2. The zero-order chi connectivity index (χ0) is 18.5. The van der Waals surface area contributed by atoms with Crippen molar-refractivity contribution in [3.05, 3.63) is 71.8 Å². The van der Waals surface area contributed by atoms with Crippen molar-refractivity contribution in [2.45, 2.75) is 33.1 Å². The lowest BCUT2D eigenvalue weighted by Gasteiger charge is -2.27. The van der Waals surface area contributed by atoms with E-state index in [1.54, 1.807) is 0 Å². The molecule has 26 heavy (non-hydrogen) atoms. The van der Waals surface area contributed by atoms with E-state index in [1.807, 2.05) is 0 Å². The van der Waals surface area contributed by atoms with Crippen molar-refractivity contribution in [2.75, 3.05) is 3.11 Å². The molecule has 4 rings (SSSR count). The van der Waals surface area contributed by atoms with Gasteiger partial charge in [0.05, 0.1) is 34.2 Å². The molecule has 0 N–H and O–H groups in total. The van der Waals surface area contributed by atoms with Crippen LogP contribution in [-0.2, 0) is 5.41 Å². The van der Waals surface area contributed by atoms with Crippen LogP contribution in [0.5, 0.6) is 0 Å². The molecule has 2 nitrogen and oxygen atoms in total. The highest BCUT2D eigenvalue weighted by molar-refractivity contribution is 14.1. The van der Waals surface area contributed by atoms with Crippen LogP contribution in [0.25, 0.3) is 21.9 Å². The highest BCUT2D eigenvalue weighted by Crippen LogP contribution is 2.43. The van der Waals surface area contributed by atoms with Gasteiger partial charge in [0.25, 0.3) is 0 Å². The summed E-state index contributed by atoms with van der Waals surface area (Å²) in [6.45, 7) is 8.85. The van der Waals surface area contributed by atoms with Gasteiger partial charge < -0.3 is 4.42 Å². The van der Waals surface area contributed by atoms with Crippen LogP contribution in [0.15, 0.2) is 65.1 Å². The van der Waals surface area contributed by atoms with Gasteiger partial charge in [0.1, 0.15) is 5.58 Å². The molecule has 132 valence electrons. The number of hydrogen-bond donors (Lipinski definition) is 0. The Bertz CT molecular complexity index is 1100. The maximum Gasteiger partial charge on any atom is 0.159 e. The monoisotopic (exact) mass is 455 g/mol. The molecule has 0 saturated heterocycles. The third-order valence-electron chi connectivity index (χ3n) is 4.84. The van der Waals surface area contributed by atoms with Crippen LogP contribution in [0, 0.1) is 6.92 Å². The number of nitrogens with zero attached hydrogens (tertiary/aromatic N) is 1. The largest absolute Gasteiger partial charge is 0.454 e. The van der Waals surface area contributed by atoms with Crippen molar-refractivity contribution >= 4 is 56.2 Å². The molecule has 0 aliphatic carbocycles. The van der Waals surface area contributed by atoms with Crippen molar-refractivity contribution < 1.29 is 4.42 Å². The molecular formula is C23H22INO. The molecule has 0 bridgehead atoms. The summed E-state index contributed by atoms with van der Waals surface area (Å²) in [5.74, 6) is 0. The van der Waals surface area contributed by atoms with Gasteiger partial charge in [-0.05, 0) is 35.6 Å². The van der Waals surface area contributed by atoms with Crippen molar-refractivity contribution in [1.82, 2.24) is 0 Å². The molecule has 0 amide bonds. The Balaban J connectivity index is 1.96. The molecule has 3 aromatic carbocycles. The van der Waals surface area contributed by atoms with Gasteiger partial charge in [0.2, 0.25) is 0 Å². The zero-order valence-electron chi connectivity index (χ0n) is 15.5. The number of anilines is 2. The molecule has 1 heterocycles. The lowest BCUT2D eigenvalue weighted by atomic mass is 9.86. The van der Waals surface area contributed by atoms with Gasteiger partial charge in [-0.3, -0.25) is 3.11 Å². The number of halogens is 1. The standard InChI is InChI=1S/C23H22INO/c1-15-9-7-10-16-17-11-8-14-20(22(17)26-21(15)16)25(24)19-13-6-5-12-18(19)23(2,3)4/h5-14H,1-4H3. The van der Waals surface area contributed by atoms with E-state index < -0.39 is 0 Å². The maximum atomic E-state index is 6.34. The highest BCUT2D eigenvalue weighted by atomic mass is 127. The van der Waals surface area contributed by atoms with Crippen LogP contribution in [0.2, 0.25) is 0 Å². The first-order valence-electron chi connectivity index (χ1n) is 8.84. The van der Waals surface area contributed by atoms with E-state index in [0.29, 0.717) is 0 Å². The molecule has 0 atom stereocenters. The molecule has 4 aromatic rings. The van der Waals surface area contributed by atoms with E-state index in [0.717, 1.165) is 22.2 Å². The van der Waals surface area contributed by atoms with Gasteiger partial charge in [-0.1, -0.05) is 69.3 Å². The summed E-state index contributed by atoms with van der Waals surface area (Å²) < 4.78 is 8.56.